The molecular formula is C11H15NO. The Morgan fingerprint density at radius 3 is 3.31 bits per heavy atom. The van der Waals surface area contributed by atoms with Crippen molar-refractivity contribution in [3.63, 3.8) is 0 Å². The molecule has 0 aromatic carbocycles. The van der Waals surface area contributed by atoms with Crippen LogP contribution in [0.25, 0.3) is 0 Å². The van der Waals surface area contributed by atoms with E-state index in [0.29, 0.717) is 6.04 Å². The Balaban J connectivity index is 2.05. The number of hydrogen-bond acceptors (Lipinski definition) is 2. The van der Waals surface area contributed by atoms with Crippen molar-refractivity contribution in [2.45, 2.75) is 32.2 Å². The SMILES string of the molecule is Cc1cc2c(o1)C1NCCC1CC2. The maximum absolute atomic E-state index is 5.76. The zero-order valence-electron chi connectivity index (χ0n) is 7.97. The van der Waals surface area contributed by atoms with Crippen LogP contribution >= 0.6 is 0 Å². The fraction of sp³-hybridized carbons (Fsp3) is 0.636. The summed E-state index contributed by atoms with van der Waals surface area (Å²) in [5, 5.41) is 3.53. The first kappa shape index (κ1) is 7.63. The number of rotatable bonds is 0. The molecule has 2 nitrogen and oxygen atoms in total. The summed E-state index contributed by atoms with van der Waals surface area (Å²) in [5.41, 5.74) is 1.44. The van der Waals surface area contributed by atoms with Crippen LogP contribution in [-0.4, -0.2) is 6.54 Å². The van der Waals surface area contributed by atoms with Crippen LogP contribution in [0, 0.1) is 12.8 Å². The molecule has 2 heteroatoms. The van der Waals surface area contributed by atoms with Gasteiger partial charge >= 0.3 is 0 Å². The maximum atomic E-state index is 5.76. The number of furan rings is 1. The quantitative estimate of drug-likeness (QED) is 0.657. The first-order chi connectivity index (χ1) is 6.34. The zero-order valence-corrected chi connectivity index (χ0v) is 7.97. The van der Waals surface area contributed by atoms with E-state index in [4.69, 9.17) is 4.42 Å². The van der Waals surface area contributed by atoms with Gasteiger partial charge in [0.25, 0.3) is 0 Å². The van der Waals surface area contributed by atoms with Gasteiger partial charge in [0.15, 0.2) is 0 Å². The number of aryl methyl sites for hydroxylation is 2. The standard InChI is InChI=1S/C11H15NO/c1-7-6-9-3-2-8-4-5-12-10(8)11(9)13-7/h6,8,10,12H,2-5H2,1H3. The van der Waals surface area contributed by atoms with Crippen molar-refractivity contribution in [3.8, 4) is 0 Å². The highest BCUT2D eigenvalue weighted by molar-refractivity contribution is 5.28. The van der Waals surface area contributed by atoms with Gasteiger partial charge in [0.2, 0.25) is 0 Å². The van der Waals surface area contributed by atoms with Gasteiger partial charge in [0, 0.05) is 0 Å². The van der Waals surface area contributed by atoms with Gasteiger partial charge in [0.05, 0.1) is 6.04 Å². The van der Waals surface area contributed by atoms with Crippen LogP contribution < -0.4 is 5.32 Å². The van der Waals surface area contributed by atoms with Gasteiger partial charge < -0.3 is 9.73 Å². The van der Waals surface area contributed by atoms with Crippen LogP contribution in [0.4, 0.5) is 0 Å². The van der Waals surface area contributed by atoms with Crippen molar-refractivity contribution in [2.75, 3.05) is 6.54 Å². The summed E-state index contributed by atoms with van der Waals surface area (Å²) in [6.07, 6.45) is 3.88. The van der Waals surface area contributed by atoms with Gasteiger partial charge in [-0.2, -0.15) is 0 Å². The van der Waals surface area contributed by atoms with Gasteiger partial charge in [-0.05, 0) is 50.3 Å². The van der Waals surface area contributed by atoms with E-state index in [1.165, 1.54) is 30.6 Å². The van der Waals surface area contributed by atoms with E-state index in [1.807, 2.05) is 6.92 Å². The zero-order chi connectivity index (χ0) is 8.84. The highest BCUT2D eigenvalue weighted by atomic mass is 16.3. The number of nitrogens with one attached hydrogen (secondary N) is 1. The second kappa shape index (κ2) is 2.61. The van der Waals surface area contributed by atoms with Crippen molar-refractivity contribution in [2.24, 2.45) is 5.92 Å². The molecule has 1 aromatic heterocycles. The first-order valence-electron chi connectivity index (χ1n) is 5.17. The lowest BCUT2D eigenvalue weighted by atomic mass is 9.85. The van der Waals surface area contributed by atoms with E-state index >= 15 is 0 Å². The third-order valence-electron chi connectivity index (χ3n) is 3.38. The molecule has 0 amide bonds. The molecule has 2 aliphatic rings. The molecule has 1 aliphatic heterocycles. The maximum Gasteiger partial charge on any atom is 0.124 e. The normalized spacial score (nSPS) is 31.5. The first-order valence-corrected chi connectivity index (χ1v) is 5.17. The molecule has 0 radical (unpaired) electrons. The van der Waals surface area contributed by atoms with Crippen LogP contribution in [0.2, 0.25) is 0 Å². The summed E-state index contributed by atoms with van der Waals surface area (Å²) < 4.78 is 5.76. The van der Waals surface area contributed by atoms with Gasteiger partial charge in [0.1, 0.15) is 11.5 Å². The number of fused-ring (bicyclic) bond motifs is 3. The van der Waals surface area contributed by atoms with E-state index in [-0.39, 0.29) is 0 Å². The van der Waals surface area contributed by atoms with Crippen molar-refractivity contribution >= 4 is 0 Å². The summed E-state index contributed by atoms with van der Waals surface area (Å²) in [7, 11) is 0. The van der Waals surface area contributed by atoms with Crippen molar-refractivity contribution in [1.82, 2.24) is 5.32 Å². The minimum atomic E-state index is 0.525. The smallest absolute Gasteiger partial charge is 0.124 e. The van der Waals surface area contributed by atoms with Crippen LogP contribution in [-0.2, 0) is 6.42 Å². The van der Waals surface area contributed by atoms with E-state index < -0.39 is 0 Å². The second-order valence-electron chi connectivity index (χ2n) is 4.27. The molecule has 0 spiro atoms. The Hall–Kier alpha value is -0.760. The lowest BCUT2D eigenvalue weighted by molar-refractivity contribution is 0.331. The summed E-state index contributed by atoms with van der Waals surface area (Å²) in [5.74, 6) is 3.13. The van der Waals surface area contributed by atoms with Crippen LogP contribution in [0.5, 0.6) is 0 Å². The van der Waals surface area contributed by atoms with Crippen molar-refractivity contribution < 1.29 is 4.42 Å². The van der Waals surface area contributed by atoms with Gasteiger partial charge in [-0.25, -0.2) is 0 Å². The Morgan fingerprint density at radius 1 is 1.46 bits per heavy atom. The van der Waals surface area contributed by atoms with E-state index in [1.54, 1.807) is 0 Å². The predicted octanol–water partition coefficient (Wildman–Crippen LogP) is 2.18. The fourth-order valence-corrected chi connectivity index (χ4v) is 2.76. The molecule has 1 aromatic rings. The van der Waals surface area contributed by atoms with Gasteiger partial charge in [-0.3, -0.25) is 0 Å². The topological polar surface area (TPSA) is 25.2 Å². The molecule has 1 N–H and O–H groups in total. The third kappa shape index (κ3) is 1.05. The van der Waals surface area contributed by atoms with Crippen molar-refractivity contribution in [3.05, 3.63) is 23.2 Å². The molecular weight excluding hydrogens is 162 g/mol. The molecule has 2 unspecified atom stereocenters. The van der Waals surface area contributed by atoms with E-state index in [9.17, 15) is 0 Å². The lowest BCUT2D eigenvalue weighted by Crippen LogP contribution is -2.22. The minimum absolute atomic E-state index is 0.525. The summed E-state index contributed by atoms with van der Waals surface area (Å²) in [6.45, 7) is 3.21. The molecule has 0 saturated carbocycles. The Labute approximate surface area is 78.3 Å². The Bertz CT molecular complexity index is 329. The molecule has 70 valence electrons. The molecule has 1 saturated heterocycles. The predicted molar refractivity (Wildman–Crippen MR) is 50.6 cm³/mol. The molecule has 3 rings (SSSR count). The fourth-order valence-electron chi connectivity index (χ4n) is 2.76. The largest absolute Gasteiger partial charge is 0.464 e. The molecule has 2 atom stereocenters. The Morgan fingerprint density at radius 2 is 2.38 bits per heavy atom. The monoisotopic (exact) mass is 177 g/mol. The van der Waals surface area contributed by atoms with E-state index in [0.717, 1.165) is 18.2 Å². The molecule has 0 bridgehead atoms. The van der Waals surface area contributed by atoms with Gasteiger partial charge in [-0.15, -0.1) is 0 Å². The summed E-state index contributed by atoms with van der Waals surface area (Å²) in [4.78, 5) is 0. The highest BCUT2D eigenvalue weighted by Gasteiger charge is 2.35. The third-order valence-corrected chi connectivity index (χ3v) is 3.38. The van der Waals surface area contributed by atoms with E-state index in [2.05, 4.69) is 11.4 Å². The molecule has 2 heterocycles. The van der Waals surface area contributed by atoms with Crippen LogP contribution in [0.1, 0.15) is 36.0 Å². The average molecular weight is 177 g/mol. The second-order valence-corrected chi connectivity index (χ2v) is 4.27. The number of hydrogen-bond donors (Lipinski definition) is 1. The van der Waals surface area contributed by atoms with Crippen LogP contribution in [0.15, 0.2) is 10.5 Å². The highest BCUT2D eigenvalue weighted by Crippen LogP contribution is 2.40. The van der Waals surface area contributed by atoms with Crippen molar-refractivity contribution in [1.29, 1.82) is 0 Å². The Kier molecular flexibility index (Phi) is 1.53. The summed E-state index contributed by atoms with van der Waals surface area (Å²) >= 11 is 0. The molecule has 1 aliphatic carbocycles. The lowest BCUT2D eigenvalue weighted by Gasteiger charge is -2.23. The summed E-state index contributed by atoms with van der Waals surface area (Å²) in [6, 6.07) is 2.73. The molecule has 13 heavy (non-hydrogen) atoms. The van der Waals surface area contributed by atoms with Gasteiger partial charge in [-0.1, -0.05) is 0 Å². The average Bonchev–Trinajstić information content (AvgIpc) is 2.65. The van der Waals surface area contributed by atoms with Crippen LogP contribution in [0.3, 0.4) is 0 Å². The minimum Gasteiger partial charge on any atom is -0.464 e. The molecule has 1 fully saturated rings.